The zero-order chi connectivity index (χ0) is 14.0. The molecule has 0 amide bonds. The van der Waals surface area contributed by atoms with E-state index in [0.717, 1.165) is 32.1 Å². The van der Waals surface area contributed by atoms with Gasteiger partial charge in [-0.3, -0.25) is 0 Å². The number of aryl methyl sites for hydroxylation is 1. The van der Waals surface area contributed by atoms with Gasteiger partial charge in [0.2, 0.25) is 0 Å². The molecule has 2 N–H and O–H groups in total. The van der Waals surface area contributed by atoms with Crippen molar-refractivity contribution >= 4 is 0 Å². The Labute approximate surface area is 112 Å². The van der Waals surface area contributed by atoms with E-state index in [4.69, 9.17) is 10.5 Å². The molecule has 2 rings (SSSR count). The molecule has 1 unspecified atom stereocenters. The smallest absolute Gasteiger partial charge is 0.163 e. The Kier molecular flexibility index (Phi) is 4.21. The molecule has 1 aromatic carbocycles. The second-order valence-corrected chi connectivity index (χ2v) is 5.41. The molecular formula is C15H21F2NO. The van der Waals surface area contributed by atoms with Crippen molar-refractivity contribution < 1.29 is 13.5 Å². The van der Waals surface area contributed by atoms with E-state index >= 15 is 0 Å². The summed E-state index contributed by atoms with van der Waals surface area (Å²) in [6.07, 6.45) is 4.75. The minimum Gasteiger partial charge on any atom is -0.376 e. The minimum absolute atomic E-state index is 0.215. The lowest BCUT2D eigenvalue weighted by atomic mass is 9.77. The maximum absolute atomic E-state index is 14.1. The summed E-state index contributed by atoms with van der Waals surface area (Å²) in [7, 11) is 1.60. The van der Waals surface area contributed by atoms with Crippen molar-refractivity contribution in [1.82, 2.24) is 0 Å². The van der Waals surface area contributed by atoms with Gasteiger partial charge in [-0.2, -0.15) is 0 Å². The largest absolute Gasteiger partial charge is 0.376 e. The molecule has 0 radical (unpaired) electrons. The van der Waals surface area contributed by atoms with Crippen molar-refractivity contribution in [2.45, 2.75) is 50.7 Å². The topological polar surface area (TPSA) is 35.2 Å². The van der Waals surface area contributed by atoms with Crippen LogP contribution in [0.25, 0.3) is 0 Å². The van der Waals surface area contributed by atoms with E-state index in [9.17, 15) is 8.78 Å². The molecule has 0 aliphatic heterocycles. The molecule has 1 aromatic rings. The van der Waals surface area contributed by atoms with E-state index in [-0.39, 0.29) is 5.56 Å². The highest BCUT2D eigenvalue weighted by Crippen LogP contribution is 2.40. The molecule has 1 atom stereocenters. The SMILES string of the molecule is COC1(C(N)c2ccc(C)c(F)c2F)CCCCC1. The Morgan fingerprint density at radius 2 is 1.79 bits per heavy atom. The van der Waals surface area contributed by atoms with Crippen molar-refractivity contribution in [2.75, 3.05) is 7.11 Å². The lowest BCUT2D eigenvalue weighted by Gasteiger charge is -2.41. The number of rotatable bonds is 3. The van der Waals surface area contributed by atoms with Crippen molar-refractivity contribution in [3.8, 4) is 0 Å². The fourth-order valence-corrected chi connectivity index (χ4v) is 2.98. The molecule has 0 saturated heterocycles. The normalized spacial score (nSPS) is 20.3. The molecule has 0 heterocycles. The third kappa shape index (κ3) is 2.51. The van der Waals surface area contributed by atoms with Gasteiger partial charge in [-0.1, -0.05) is 31.4 Å². The second kappa shape index (κ2) is 5.55. The zero-order valence-electron chi connectivity index (χ0n) is 11.5. The number of hydrogen-bond donors (Lipinski definition) is 1. The standard InChI is InChI=1S/C15H21F2NO/c1-10-6-7-11(13(17)12(10)16)14(18)15(19-2)8-4-3-5-9-15/h6-7,14H,3-5,8-9,18H2,1-2H3. The van der Waals surface area contributed by atoms with E-state index in [2.05, 4.69) is 0 Å². The predicted molar refractivity (Wildman–Crippen MR) is 70.8 cm³/mol. The first-order valence-corrected chi connectivity index (χ1v) is 6.77. The van der Waals surface area contributed by atoms with Crippen LogP contribution in [0.3, 0.4) is 0 Å². The summed E-state index contributed by atoms with van der Waals surface area (Å²) in [5, 5.41) is 0. The number of nitrogens with two attached hydrogens (primary N) is 1. The Morgan fingerprint density at radius 1 is 1.16 bits per heavy atom. The Hall–Kier alpha value is -1.00. The van der Waals surface area contributed by atoms with Gasteiger partial charge < -0.3 is 10.5 Å². The predicted octanol–water partition coefficient (Wildman–Crippen LogP) is 3.62. The summed E-state index contributed by atoms with van der Waals surface area (Å²) in [4.78, 5) is 0. The third-order valence-corrected chi connectivity index (χ3v) is 4.31. The highest BCUT2D eigenvalue weighted by Gasteiger charge is 2.40. The van der Waals surface area contributed by atoms with Crippen LogP contribution in [0.5, 0.6) is 0 Å². The van der Waals surface area contributed by atoms with Gasteiger partial charge in [0.25, 0.3) is 0 Å². The molecule has 0 bridgehead atoms. The lowest BCUT2D eigenvalue weighted by molar-refractivity contribution is -0.0603. The van der Waals surface area contributed by atoms with Crippen LogP contribution in [0, 0.1) is 18.6 Å². The molecule has 19 heavy (non-hydrogen) atoms. The van der Waals surface area contributed by atoms with E-state index in [1.54, 1.807) is 26.2 Å². The first-order valence-electron chi connectivity index (χ1n) is 6.77. The van der Waals surface area contributed by atoms with Crippen molar-refractivity contribution in [1.29, 1.82) is 0 Å². The summed E-state index contributed by atoms with van der Waals surface area (Å²) in [5.41, 5.74) is 6.14. The lowest BCUT2D eigenvalue weighted by Crippen LogP contribution is -2.45. The van der Waals surface area contributed by atoms with Crippen molar-refractivity contribution in [2.24, 2.45) is 5.73 Å². The number of benzene rings is 1. The van der Waals surface area contributed by atoms with Crippen molar-refractivity contribution in [3.63, 3.8) is 0 Å². The molecule has 1 saturated carbocycles. The van der Waals surface area contributed by atoms with E-state index in [1.165, 1.54) is 0 Å². The average Bonchev–Trinajstić information content (AvgIpc) is 2.45. The second-order valence-electron chi connectivity index (χ2n) is 5.41. The third-order valence-electron chi connectivity index (χ3n) is 4.31. The van der Waals surface area contributed by atoms with Gasteiger partial charge in [-0.15, -0.1) is 0 Å². The number of methoxy groups -OCH3 is 1. The van der Waals surface area contributed by atoms with Gasteiger partial charge >= 0.3 is 0 Å². The van der Waals surface area contributed by atoms with E-state index in [0.29, 0.717) is 5.56 Å². The van der Waals surface area contributed by atoms with Gasteiger partial charge in [-0.05, 0) is 25.3 Å². The van der Waals surface area contributed by atoms with Crippen molar-refractivity contribution in [3.05, 3.63) is 34.9 Å². The van der Waals surface area contributed by atoms with Gasteiger partial charge in [0, 0.05) is 12.7 Å². The summed E-state index contributed by atoms with van der Waals surface area (Å²) in [5.74, 6) is -1.65. The van der Waals surface area contributed by atoms with Crippen LogP contribution in [0.2, 0.25) is 0 Å². The molecule has 2 nitrogen and oxygen atoms in total. The highest BCUT2D eigenvalue weighted by atomic mass is 19.2. The van der Waals surface area contributed by atoms with Crippen LogP contribution in [0.1, 0.15) is 49.3 Å². The summed E-state index contributed by atoms with van der Waals surface area (Å²) < 4.78 is 33.3. The maximum Gasteiger partial charge on any atom is 0.163 e. The molecule has 0 aromatic heterocycles. The maximum atomic E-state index is 14.1. The van der Waals surface area contributed by atoms with E-state index in [1.807, 2.05) is 0 Å². The Balaban J connectivity index is 2.37. The molecule has 4 heteroatoms. The van der Waals surface area contributed by atoms with Gasteiger partial charge in [0.05, 0.1) is 11.6 Å². The number of halogens is 2. The van der Waals surface area contributed by atoms with Gasteiger partial charge in [-0.25, -0.2) is 8.78 Å². The van der Waals surface area contributed by atoms with Gasteiger partial charge in [0.1, 0.15) is 0 Å². The van der Waals surface area contributed by atoms with Crippen LogP contribution >= 0.6 is 0 Å². The quantitative estimate of drug-likeness (QED) is 0.909. The monoisotopic (exact) mass is 269 g/mol. The zero-order valence-corrected chi connectivity index (χ0v) is 11.5. The molecule has 0 spiro atoms. The Morgan fingerprint density at radius 3 is 2.37 bits per heavy atom. The first-order chi connectivity index (χ1) is 9.02. The van der Waals surface area contributed by atoms with Crippen LogP contribution in [-0.2, 0) is 4.74 Å². The van der Waals surface area contributed by atoms with Gasteiger partial charge in [0.15, 0.2) is 11.6 Å². The molecule has 1 fully saturated rings. The molecule has 1 aliphatic rings. The highest BCUT2D eigenvalue weighted by molar-refractivity contribution is 5.29. The molecular weight excluding hydrogens is 248 g/mol. The van der Waals surface area contributed by atoms with Crippen LogP contribution in [0.15, 0.2) is 12.1 Å². The summed E-state index contributed by atoms with van der Waals surface area (Å²) >= 11 is 0. The van der Waals surface area contributed by atoms with Crippen LogP contribution in [0.4, 0.5) is 8.78 Å². The fraction of sp³-hybridized carbons (Fsp3) is 0.600. The molecule has 1 aliphatic carbocycles. The fourth-order valence-electron chi connectivity index (χ4n) is 2.98. The van der Waals surface area contributed by atoms with Crippen LogP contribution in [-0.4, -0.2) is 12.7 Å². The summed E-state index contributed by atoms with van der Waals surface area (Å²) in [6.45, 7) is 1.54. The number of hydrogen-bond acceptors (Lipinski definition) is 2. The van der Waals surface area contributed by atoms with E-state index < -0.39 is 23.3 Å². The summed E-state index contributed by atoms with van der Waals surface area (Å²) in [6, 6.07) is 2.51. The number of ether oxygens (including phenoxy) is 1. The average molecular weight is 269 g/mol. The Bertz CT molecular complexity index is 456. The molecule has 106 valence electrons. The first kappa shape index (κ1) is 14.4. The minimum atomic E-state index is -0.838. The van der Waals surface area contributed by atoms with Crippen LogP contribution < -0.4 is 5.73 Å².